The van der Waals surface area contributed by atoms with Gasteiger partial charge in [0.2, 0.25) is 0 Å². The molecule has 1 aromatic heterocycles. The van der Waals surface area contributed by atoms with Crippen LogP contribution in [0.5, 0.6) is 0 Å². The monoisotopic (exact) mass is 261 g/mol. The second-order valence-corrected chi connectivity index (χ2v) is 5.11. The molecule has 0 N–H and O–H groups in total. The maximum atomic E-state index is 6.05. The van der Waals surface area contributed by atoms with E-state index >= 15 is 0 Å². The molecule has 0 aliphatic carbocycles. The highest BCUT2D eigenvalue weighted by Crippen LogP contribution is 2.31. The summed E-state index contributed by atoms with van der Waals surface area (Å²) in [7, 11) is 0. The van der Waals surface area contributed by atoms with Gasteiger partial charge in [-0.15, -0.1) is 16.7 Å². The van der Waals surface area contributed by atoms with Crippen LogP contribution in [0.1, 0.15) is 18.5 Å². The molecule has 1 unspecified atom stereocenters. The predicted molar refractivity (Wildman–Crippen MR) is 75.4 cm³/mol. The Bertz CT molecular complexity index is 570. The number of aryl methyl sites for hydroxylation is 1. The first-order valence-electron chi connectivity index (χ1n) is 6.36. The summed E-state index contributed by atoms with van der Waals surface area (Å²) in [5.41, 5.74) is 0.982. The van der Waals surface area contributed by atoms with Crippen LogP contribution in [0.4, 0.5) is 5.82 Å². The maximum absolute atomic E-state index is 6.05. The Morgan fingerprint density at radius 1 is 1.28 bits per heavy atom. The third-order valence-corrected chi connectivity index (χ3v) is 4.04. The molecule has 1 atom stereocenters. The first kappa shape index (κ1) is 11.7. The Labute approximate surface area is 112 Å². The largest absolute Gasteiger partial charge is 0.350 e. The van der Waals surface area contributed by atoms with E-state index in [0.29, 0.717) is 11.9 Å². The van der Waals surface area contributed by atoms with Crippen LogP contribution in [-0.4, -0.2) is 28.7 Å². The lowest BCUT2D eigenvalue weighted by Crippen LogP contribution is -2.31. The number of alkyl halides is 1. The minimum absolute atomic E-state index is 0.395. The summed E-state index contributed by atoms with van der Waals surface area (Å²) in [5.74, 6) is 1.64. The van der Waals surface area contributed by atoms with E-state index in [4.69, 9.17) is 11.6 Å². The zero-order valence-corrected chi connectivity index (χ0v) is 11.2. The van der Waals surface area contributed by atoms with Gasteiger partial charge < -0.3 is 4.90 Å². The Morgan fingerprint density at radius 2 is 2.06 bits per heavy atom. The molecule has 3 rings (SSSR count). The van der Waals surface area contributed by atoms with Gasteiger partial charge in [0.15, 0.2) is 5.82 Å². The molecule has 2 aromatic rings. The normalized spacial score (nSPS) is 19.7. The lowest BCUT2D eigenvalue weighted by molar-refractivity contribution is 0.729. The number of anilines is 1. The van der Waals surface area contributed by atoms with Crippen LogP contribution in [0.15, 0.2) is 24.3 Å². The molecule has 0 amide bonds. The summed E-state index contributed by atoms with van der Waals surface area (Å²) >= 11 is 6.05. The molecule has 0 radical (unpaired) electrons. The molecular formula is C14H16ClN3. The molecule has 2 heterocycles. The predicted octanol–water partition coefficient (Wildman–Crippen LogP) is 3.15. The summed E-state index contributed by atoms with van der Waals surface area (Å²) in [4.78, 5) is 2.31. The van der Waals surface area contributed by atoms with Crippen LogP contribution in [0.25, 0.3) is 10.8 Å². The number of aromatic nitrogens is 2. The topological polar surface area (TPSA) is 29.0 Å². The van der Waals surface area contributed by atoms with Crippen LogP contribution in [0.3, 0.4) is 0 Å². The fraction of sp³-hybridized carbons (Fsp3) is 0.429. The SMILES string of the molecule is Cc1nnc(N2CCCC2CCl)c2ccccc12. The molecule has 0 spiro atoms. The van der Waals surface area contributed by atoms with Crippen molar-refractivity contribution < 1.29 is 0 Å². The maximum Gasteiger partial charge on any atom is 0.159 e. The number of fused-ring (bicyclic) bond motifs is 1. The van der Waals surface area contributed by atoms with Crippen molar-refractivity contribution in [1.82, 2.24) is 10.2 Å². The smallest absolute Gasteiger partial charge is 0.159 e. The van der Waals surface area contributed by atoms with Gasteiger partial charge in [0.25, 0.3) is 0 Å². The Hall–Kier alpha value is -1.35. The number of halogens is 1. The first-order valence-corrected chi connectivity index (χ1v) is 6.89. The van der Waals surface area contributed by atoms with E-state index in [9.17, 15) is 0 Å². The summed E-state index contributed by atoms with van der Waals surface area (Å²) in [6.45, 7) is 3.03. The molecule has 1 aromatic carbocycles. The summed E-state index contributed by atoms with van der Waals surface area (Å²) < 4.78 is 0. The minimum Gasteiger partial charge on any atom is -0.350 e. The number of nitrogens with zero attached hydrogens (tertiary/aromatic N) is 3. The third-order valence-electron chi connectivity index (χ3n) is 3.68. The standard InChI is InChI=1S/C14H16ClN3/c1-10-12-6-2-3-7-13(12)14(17-16-10)18-8-4-5-11(18)9-15/h2-3,6-7,11H,4-5,8-9H2,1H3. The highest BCUT2D eigenvalue weighted by atomic mass is 35.5. The molecule has 0 saturated carbocycles. The van der Waals surface area contributed by atoms with E-state index in [2.05, 4.69) is 33.3 Å². The highest BCUT2D eigenvalue weighted by Gasteiger charge is 2.26. The van der Waals surface area contributed by atoms with Crippen LogP contribution >= 0.6 is 11.6 Å². The first-order chi connectivity index (χ1) is 8.81. The van der Waals surface area contributed by atoms with Crippen LogP contribution in [0, 0.1) is 6.92 Å². The van der Waals surface area contributed by atoms with E-state index in [-0.39, 0.29) is 0 Å². The van der Waals surface area contributed by atoms with Crippen molar-refractivity contribution in [3.05, 3.63) is 30.0 Å². The second-order valence-electron chi connectivity index (χ2n) is 4.80. The van der Waals surface area contributed by atoms with Gasteiger partial charge in [-0.1, -0.05) is 24.3 Å². The molecule has 4 heteroatoms. The van der Waals surface area contributed by atoms with Crippen LogP contribution in [0.2, 0.25) is 0 Å². The lowest BCUT2D eigenvalue weighted by Gasteiger charge is -2.24. The zero-order valence-electron chi connectivity index (χ0n) is 10.4. The van der Waals surface area contributed by atoms with Crippen LogP contribution in [-0.2, 0) is 0 Å². The Kier molecular flexibility index (Phi) is 3.08. The number of rotatable bonds is 2. The van der Waals surface area contributed by atoms with Crippen molar-refractivity contribution in [1.29, 1.82) is 0 Å². The van der Waals surface area contributed by atoms with Crippen molar-refractivity contribution in [2.75, 3.05) is 17.3 Å². The molecule has 0 bridgehead atoms. The van der Waals surface area contributed by atoms with Gasteiger partial charge in [0, 0.05) is 29.2 Å². The molecular weight excluding hydrogens is 246 g/mol. The quantitative estimate of drug-likeness (QED) is 0.778. The van der Waals surface area contributed by atoms with E-state index in [1.165, 1.54) is 17.2 Å². The minimum atomic E-state index is 0.395. The van der Waals surface area contributed by atoms with Gasteiger partial charge in [-0.05, 0) is 19.8 Å². The van der Waals surface area contributed by atoms with Crippen molar-refractivity contribution in [2.45, 2.75) is 25.8 Å². The lowest BCUT2D eigenvalue weighted by atomic mass is 10.1. The molecule has 1 aliphatic rings. The van der Waals surface area contributed by atoms with Crippen LogP contribution < -0.4 is 4.90 Å². The molecule has 1 fully saturated rings. The van der Waals surface area contributed by atoms with Crippen molar-refractivity contribution in [3.63, 3.8) is 0 Å². The van der Waals surface area contributed by atoms with Crippen molar-refractivity contribution in [2.24, 2.45) is 0 Å². The third kappa shape index (κ3) is 1.83. The fourth-order valence-corrected chi connectivity index (χ4v) is 3.03. The van der Waals surface area contributed by atoms with Crippen molar-refractivity contribution in [3.8, 4) is 0 Å². The van der Waals surface area contributed by atoms with E-state index in [1.807, 2.05) is 13.0 Å². The van der Waals surface area contributed by atoms with E-state index in [1.54, 1.807) is 0 Å². The Morgan fingerprint density at radius 3 is 2.83 bits per heavy atom. The van der Waals surface area contributed by atoms with E-state index in [0.717, 1.165) is 24.5 Å². The van der Waals surface area contributed by atoms with Gasteiger partial charge in [-0.3, -0.25) is 0 Å². The molecule has 3 nitrogen and oxygen atoms in total. The van der Waals surface area contributed by atoms with Gasteiger partial charge in [0.1, 0.15) is 0 Å². The highest BCUT2D eigenvalue weighted by molar-refractivity contribution is 6.18. The molecule has 18 heavy (non-hydrogen) atoms. The van der Waals surface area contributed by atoms with Gasteiger partial charge in [-0.2, -0.15) is 5.10 Å². The summed E-state index contributed by atoms with van der Waals surface area (Å²) in [5, 5.41) is 11.1. The summed E-state index contributed by atoms with van der Waals surface area (Å²) in [6, 6.07) is 8.72. The molecule has 1 saturated heterocycles. The van der Waals surface area contributed by atoms with Gasteiger partial charge in [-0.25, -0.2) is 0 Å². The van der Waals surface area contributed by atoms with Gasteiger partial charge in [0.05, 0.1) is 5.69 Å². The average molecular weight is 262 g/mol. The number of hydrogen-bond acceptors (Lipinski definition) is 3. The van der Waals surface area contributed by atoms with Gasteiger partial charge >= 0.3 is 0 Å². The fourth-order valence-electron chi connectivity index (χ4n) is 2.71. The number of benzene rings is 1. The Balaban J connectivity index is 2.15. The second kappa shape index (κ2) is 4.73. The molecule has 1 aliphatic heterocycles. The summed E-state index contributed by atoms with van der Waals surface area (Å²) in [6.07, 6.45) is 2.33. The van der Waals surface area contributed by atoms with E-state index < -0.39 is 0 Å². The zero-order chi connectivity index (χ0) is 12.5. The average Bonchev–Trinajstić information content (AvgIpc) is 2.88. The molecule has 94 valence electrons. The van der Waals surface area contributed by atoms with Crippen molar-refractivity contribution >= 4 is 28.2 Å². The number of hydrogen-bond donors (Lipinski definition) is 0.